The molecule has 4 heteroatoms. The average Bonchev–Trinajstić information content (AvgIpc) is 2.47. The molecule has 0 atom stereocenters. The van der Waals surface area contributed by atoms with Crippen LogP contribution in [0.2, 0.25) is 0 Å². The third-order valence-corrected chi connectivity index (χ3v) is 2.81. The highest BCUT2D eigenvalue weighted by Gasteiger charge is 2.18. The predicted octanol–water partition coefficient (Wildman–Crippen LogP) is 2.49. The first kappa shape index (κ1) is 11.3. The summed E-state index contributed by atoms with van der Waals surface area (Å²) in [4.78, 5) is 16.0. The van der Waals surface area contributed by atoms with Crippen LogP contribution in [0.5, 0.6) is 0 Å². The summed E-state index contributed by atoms with van der Waals surface area (Å²) in [5.74, 6) is 0.497. The molecular formula is C15H11N3O. The molecular weight excluding hydrogens is 238 g/mol. The van der Waals surface area contributed by atoms with Gasteiger partial charge in [0.2, 0.25) is 5.78 Å². The highest BCUT2D eigenvalue weighted by Crippen LogP contribution is 2.17. The zero-order chi connectivity index (χ0) is 13.1. The molecule has 0 saturated carbocycles. The number of aromatic nitrogens is 1. The molecule has 0 amide bonds. The first-order chi connectivity index (χ1) is 9.34. The van der Waals surface area contributed by atoms with Gasteiger partial charge in [-0.05, 0) is 23.8 Å². The smallest absolute Gasteiger partial charge is 0.206 e. The Bertz CT molecular complexity index is 675. The summed E-state index contributed by atoms with van der Waals surface area (Å²) >= 11 is 0. The number of carbonyl (C=O) groups excluding carboxylic acids is 1. The van der Waals surface area contributed by atoms with Crippen LogP contribution >= 0.6 is 0 Å². The topological polar surface area (TPSA) is 54.4 Å². The molecule has 0 radical (unpaired) electrons. The Balaban J connectivity index is 1.96. The van der Waals surface area contributed by atoms with Gasteiger partial charge in [0.25, 0.3) is 0 Å². The van der Waals surface area contributed by atoms with E-state index in [0.29, 0.717) is 11.5 Å². The lowest BCUT2D eigenvalue weighted by Crippen LogP contribution is -2.19. The molecule has 0 aliphatic heterocycles. The number of nitrogens with zero attached hydrogens (tertiary/aromatic N) is 2. The van der Waals surface area contributed by atoms with Crippen molar-refractivity contribution in [3.8, 4) is 0 Å². The van der Waals surface area contributed by atoms with Crippen molar-refractivity contribution in [2.45, 2.75) is 0 Å². The van der Waals surface area contributed by atoms with Gasteiger partial charge in [0.05, 0.1) is 0 Å². The van der Waals surface area contributed by atoms with E-state index in [9.17, 15) is 4.79 Å². The van der Waals surface area contributed by atoms with Crippen molar-refractivity contribution in [3.63, 3.8) is 0 Å². The molecule has 0 bridgehead atoms. The minimum atomic E-state index is -0.109. The number of pyridine rings is 1. The number of fused-ring (bicyclic) bond motifs is 1. The third-order valence-electron chi connectivity index (χ3n) is 2.81. The van der Waals surface area contributed by atoms with E-state index >= 15 is 0 Å². The van der Waals surface area contributed by atoms with E-state index in [1.807, 2.05) is 36.4 Å². The largest absolute Gasteiger partial charge is 0.287 e. The van der Waals surface area contributed by atoms with Gasteiger partial charge < -0.3 is 0 Å². The first-order valence-electron chi connectivity index (χ1n) is 5.91. The zero-order valence-corrected chi connectivity index (χ0v) is 10.1. The van der Waals surface area contributed by atoms with Crippen molar-refractivity contribution in [2.75, 3.05) is 5.43 Å². The number of hydrazone groups is 1. The van der Waals surface area contributed by atoms with Crippen molar-refractivity contribution in [1.82, 2.24) is 4.98 Å². The van der Waals surface area contributed by atoms with Crippen LogP contribution in [0.4, 0.5) is 5.82 Å². The minimum absolute atomic E-state index is 0.109. The Kier molecular flexibility index (Phi) is 2.90. The standard InChI is InChI=1S/C15H11N3O/c19-13-9-8-11-5-1-2-6-12(11)15(13)18-17-14-7-3-4-10-16-14/h1-10H,(H,16,17)/b18-15+. The van der Waals surface area contributed by atoms with Crippen LogP contribution in [-0.2, 0) is 4.79 Å². The molecule has 92 valence electrons. The molecule has 1 aliphatic carbocycles. The van der Waals surface area contributed by atoms with Crippen LogP contribution in [0, 0.1) is 0 Å². The lowest BCUT2D eigenvalue weighted by Gasteiger charge is -2.11. The summed E-state index contributed by atoms with van der Waals surface area (Å²) in [6.07, 6.45) is 5.00. The number of carbonyl (C=O) groups is 1. The molecule has 0 fully saturated rings. The fraction of sp³-hybridized carbons (Fsp3) is 0. The van der Waals surface area contributed by atoms with Crippen molar-refractivity contribution < 1.29 is 4.79 Å². The number of hydrogen-bond donors (Lipinski definition) is 1. The highest BCUT2D eigenvalue weighted by atomic mass is 16.1. The number of rotatable bonds is 2. The second-order valence-electron chi connectivity index (χ2n) is 4.07. The van der Waals surface area contributed by atoms with Crippen molar-refractivity contribution in [2.24, 2.45) is 5.10 Å². The van der Waals surface area contributed by atoms with Crippen molar-refractivity contribution in [3.05, 3.63) is 65.9 Å². The van der Waals surface area contributed by atoms with Crippen LogP contribution in [0.3, 0.4) is 0 Å². The van der Waals surface area contributed by atoms with Gasteiger partial charge in [-0.3, -0.25) is 10.2 Å². The van der Waals surface area contributed by atoms with E-state index in [4.69, 9.17) is 0 Å². The molecule has 0 spiro atoms. The summed E-state index contributed by atoms with van der Waals surface area (Å²) in [5, 5.41) is 4.18. The maximum atomic E-state index is 11.9. The Hall–Kier alpha value is -2.75. The lowest BCUT2D eigenvalue weighted by atomic mass is 9.95. The van der Waals surface area contributed by atoms with E-state index in [1.165, 1.54) is 6.08 Å². The summed E-state index contributed by atoms with van der Waals surface area (Å²) in [6.45, 7) is 0. The van der Waals surface area contributed by atoms with Gasteiger partial charge in [0.15, 0.2) is 0 Å². The van der Waals surface area contributed by atoms with E-state index in [1.54, 1.807) is 18.3 Å². The molecule has 0 saturated heterocycles. The number of anilines is 1. The number of nitrogens with one attached hydrogen (secondary N) is 1. The Morgan fingerprint density at radius 2 is 1.84 bits per heavy atom. The molecule has 1 aromatic heterocycles. The highest BCUT2D eigenvalue weighted by molar-refractivity contribution is 6.52. The van der Waals surface area contributed by atoms with Gasteiger partial charge in [-0.25, -0.2) is 4.98 Å². The van der Waals surface area contributed by atoms with Crippen molar-refractivity contribution >= 4 is 23.4 Å². The van der Waals surface area contributed by atoms with E-state index in [2.05, 4.69) is 15.5 Å². The van der Waals surface area contributed by atoms with E-state index in [0.717, 1.165) is 11.1 Å². The molecule has 2 aromatic rings. The maximum absolute atomic E-state index is 11.9. The third kappa shape index (κ3) is 2.28. The van der Waals surface area contributed by atoms with Crippen LogP contribution in [0.1, 0.15) is 11.1 Å². The fourth-order valence-corrected chi connectivity index (χ4v) is 1.89. The lowest BCUT2D eigenvalue weighted by molar-refractivity contribution is -0.108. The summed E-state index contributed by atoms with van der Waals surface area (Å²) in [7, 11) is 0. The molecule has 0 unspecified atom stereocenters. The fourth-order valence-electron chi connectivity index (χ4n) is 1.89. The zero-order valence-electron chi connectivity index (χ0n) is 10.1. The van der Waals surface area contributed by atoms with Crippen LogP contribution in [0.15, 0.2) is 59.8 Å². The predicted molar refractivity (Wildman–Crippen MR) is 74.9 cm³/mol. The number of ketones is 1. The molecule has 1 heterocycles. The Morgan fingerprint density at radius 1 is 1.00 bits per heavy atom. The van der Waals surface area contributed by atoms with Gasteiger partial charge in [0.1, 0.15) is 11.5 Å². The molecule has 4 nitrogen and oxygen atoms in total. The summed E-state index contributed by atoms with van der Waals surface area (Å²) < 4.78 is 0. The van der Waals surface area contributed by atoms with Gasteiger partial charge in [0, 0.05) is 11.8 Å². The van der Waals surface area contributed by atoms with Gasteiger partial charge in [-0.1, -0.05) is 36.4 Å². The van der Waals surface area contributed by atoms with E-state index in [-0.39, 0.29) is 5.78 Å². The molecule has 1 N–H and O–H groups in total. The second kappa shape index (κ2) is 4.86. The second-order valence-corrected chi connectivity index (χ2v) is 4.07. The Morgan fingerprint density at radius 3 is 2.68 bits per heavy atom. The van der Waals surface area contributed by atoms with Gasteiger partial charge >= 0.3 is 0 Å². The number of allylic oxidation sites excluding steroid dienone is 1. The molecule has 3 rings (SSSR count). The number of hydrogen-bond acceptors (Lipinski definition) is 4. The monoisotopic (exact) mass is 249 g/mol. The van der Waals surface area contributed by atoms with Gasteiger partial charge in [-0.15, -0.1) is 0 Å². The van der Waals surface area contributed by atoms with E-state index < -0.39 is 0 Å². The Labute approximate surface area is 110 Å². The molecule has 1 aromatic carbocycles. The molecule has 19 heavy (non-hydrogen) atoms. The van der Waals surface area contributed by atoms with Crippen LogP contribution in [0.25, 0.3) is 6.08 Å². The minimum Gasteiger partial charge on any atom is -0.287 e. The summed E-state index contributed by atoms with van der Waals surface area (Å²) in [5.41, 5.74) is 5.04. The van der Waals surface area contributed by atoms with Crippen LogP contribution < -0.4 is 5.43 Å². The SMILES string of the molecule is O=C1C=Cc2ccccc2/C1=N\Nc1ccccn1. The number of benzene rings is 1. The summed E-state index contributed by atoms with van der Waals surface area (Å²) in [6, 6.07) is 13.1. The van der Waals surface area contributed by atoms with Crippen molar-refractivity contribution in [1.29, 1.82) is 0 Å². The van der Waals surface area contributed by atoms with Crippen LogP contribution in [-0.4, -0.2) is 16.5 Å². The normalized spacial score (nSPS) is 15.4. The first-order valence-corrected chi connectivity index (χ1v) is 5.91. The van der Waals surface area contributed by atoms with Gasteiger partial charge in [-0.2, -0.15) is 5.10 Å². The maximum Gasteiger partial charge on any atom is 0.206 e. The quantitative estimate of drug-likeness (QED) is 0.832. The molecule has 1 aliphatic rings. The average molecular weight is 249 g/mol.